The first-order valence-electron chi connectivity index (χ1n) is 23.7. The molecule has 0 N–H and O–H groups in total. The van der Waals surface area contributed by atoms with E-state index < -0.39 is 0 Å². The molecule has 74 heavy (non-hydrogen) atoms. The number of benzene rings is 10. The van der Waals surface area contributed by atoms with E-state index in [1.54, 1.807) is 30.3 Å². The van der Waals surface area contributed by atoms with Crippen LogP contribution in [0.4, 0.5) is 0 Å². The largest absolute Gasteiger partial charge is 0.308 e. The normalized spacial score (nSPS) is 10.9. The molecule has 0 unspecified atom stereocenters. The second-order valence-corrected chi connectivity index (χ2v) is 17.9. The third kappa shape index (κ3) is 7.10. The maximum Gasteiger partial charge on any atom is 0.0998 e. The molecule has 0 aliphatic rings. The third-order valence-electron chi connectivity index (χ3n) is 14.0. The van der Waals surface area contributed by atoms with Crippen LogP contribution in [0.3, 0.4) is 0 Å². The quantitative estimate of drug-likeness (QED) is 0.155. The van der Waals surface area contributed by atoms with Gasteiger partial charge in [0, 0.05) is 27.1 Å². The molecule has 0 saturated heterocycles. The van der Waals surface area contributed by atoms with E-state index in [1.165, 1.54) is 0 Å². The van der Waals surface area contributed by atoms with E-state index in [2.05, 4.69) is 94.1 Å². The molecule has 0 spiro atoms. The van der Waals surface area contributed by atoms with Crippen LogP contribution in [0.1, 0.15) is 33.4 Å². The minimum absolute atomic E-state index is 0.356. The van der Waals surface area contributed by atoms with Gasteiger partial charge < -0.3 is 9.13 Å². The van der Waals surface area contributed by atoms with Crippen molar-refractivity contribution < 1.29 is 0 Å². The van der Waals surface area contributed by atoms with Gasteiger partial charge in [0.2, 0.25) is 0 Å². The van der Waals surface area contributed by atoms with Crippen molar-refractivity contribution in [2.75, 3.05) is 0 Å². The van der Waals surface area contributed by atoms with Gasteiger partial charge in [0.05, 0.1) is 103 Å². The molecule has 0 fully saturated rings. The lowest BCUT2D eigenvalue weighted by Crippen LogP contribution is -2.05. The van der Waals surface area contributed by atoms with Gasteiger partial charge in [-0.1, -0.05) is 133 Å². The SMILES string of the molecule is N#Cc1cccc(-c2c(-n3c4cc(-c5ccccc5C#N)ccc4c4ccc(-c5ccccc5C#N)cc43)cc(C#N)cc2-n2c3cc(-c4ccccc4C#N)ccc3c3ccc(-c4ccccc4C#N)cc32)c1. The summed E-state index contributed by atoms with van der Waals surface area (Å²) in [5.41, 5.74) is 15.0. The first kappa shape index (κ1) is 44.0. The lowest BCUT2D eigenvalue weighted by atomic mass is 9.96. The lowest BCUT2D eigenvalue weighted by Gasteiger charge is -2.21. The molecule has 0 amide bonds. The summed E-state index contributed by atoms with van der Waals surface area (Å²) in [6.45, 7) is 0. The molecule has 2 aromatic heterocycles. The molecule has 12 aromatic rings. The molecular formula is C66H34N8. The van der Waals surface area contributed by atoms with E-state index in [-0.39, 0.29) is 0 Å². The fourth-order valence-corrected chi connectivity index (χ4v) is 10.6. The highest BCUT2D eigenvalue weighted by Crippen LogP contribution is 2.46. The third-order valence-corrected chi connectivity index (χ3v) is 14.0. The number of nitrogens with zero attached hydrogens (tertiary/aromatic N) is 8. The monoisotopic (exact) mass is 938 g/mol. The van der Waals surface area contributed by atoms with Crippen molar-refractivity contribution in [3.05, 3.63) is 240 Å². The Bertz CT molecular complexity index is 4150. The predicted octanol–water partition coefficient (Wildman–Crippen LogP) is 15.4. The van der Waals surface area contributed by atoms with Gasteiger partial charge in [0.1, 0.15) is 0 Å². The Kier molecular flexibility index (Phi) is 10.7. The maximum absolute atomic E-state index is 11.2. The Hall–Kier alpha value is -11.3. The minimum atomic E-state index is 0.356. The van der Waals surface area contributed by atoms with Crippen molar-refractivity contribution in [1.82, 2.24) is 9.13 Å². The molecule has 0 aliphatic heterocycles. The first-order chi connectivity index (χ1) is 36.4. The second-order valence-electron chi connectivity index (χ2n) is 17.9. The Morgan fingerprint density at radius 1 is 0.257 bits per heavy atom. The average Bonchev–Trinajstić information content (AvgIpc) is 3.98. The van der Waals surface area contributed by atoms with Crippen LogP contribution in [0.25, 0.3) is 111 Å². The van der Waals surface area contributed by atoms with Gasteiger partial charge in [-0.3, -0.25) is 0 Å². The van der Waals surface area contributed by atoms with Crippen LogP contribution >= 0.6 is 0 Å². The van der Waals surface area contributed by atoms with Crippen LogP contribution in [0, 0.1) is 68.0 Å². The van der Waals surface area contributed by atoms with Crippen molar-refractivity contribution >= 4 is 43.6 Å². The molecular weight excluding hydrogens is 905 g/mol. The summed E-state index contributed by atoms with van der Waals surface area (Å²) in [4.78, 5) is 0. The highest BCUT2D eigenvalue weighted by Gasteiger charge is 2.25. The van der Waals surface area contributed by atoms with E-state index in [4.69, 9.17) is 0 Å². The molecule has 0 radical (unpaired) electrons. The molecule has 0 saturated carbocycles. The fraction of sp³-hybridized carbons (Fsp3) is 0. The van der Waals surface area contributed by atoms with Crippen molar-refractivity contribution in [2.24, 2.45) is 0 Å². The van der Waals surface area contributed by atoms with Gasteiger partial charge in [0.15, 0.2) is 0 Å². The highest BCUT2D eigenvalue weighted by molar-refractivity contribution is 6.14. The van der Waals surface area contributed by atoms with Crippen molar-refractivity contribution in [1.29, 1.82) is 31.6 Å². The Morgan fingerprint density at radius 3 is 0.892 bits per heavy atom. The van der Waals surface area contributed by atoms with Crippen LogP contribution in [0.2, 0.25) is 0 Å². The lowest BCUT2D eigenvalue weighted by molar-refractivity contribution is 1.13. The molecule has 0 atom stereocenters. The number of aromatic nitrogens is 2. The van der Waals surface area contributed by atoms with Crippen LogP contribution in [0.15, 0.2) is 206 Å². The van der Waals surface area contributed by atoms with Gasteiger partial charge in [-0.25, -0.2) is 0 Å². The second kappa shape index (κ2) is 17.9. The zero-order valence-corrected chi connectivity index (χ0v) is 39.2. The minimum Gasteiger partial charge on any atom is -0.308 e. The standard InChI is InChI=1S/C66H34N8/c67-35-41-10-9-15-47(28-41)66-64(73-60-31-43(52-16-5-1-11-48(52)37-69)20-24-56(60)57-25-21-44(32-61(57)73)53-17-6-2-12-49(53)38-70)29-42(36-68)30-65(66)74-62-33-45(54-18-7-3-13-50(54)39-71)22-26-58(62)59-27-23-46(34-63(59)74)55-19-8-4-14-51(55)40-72/h1-34H. The molecule has 2 heterocycles. The topological polar surface area (TPSA) is 153 Å². The number of nitriles is 6. The fourth-order valence-electron chi connectivity index (χ4n) is 10.6. The highest BCUT2D eigenvalue weighted by atomic mass is 15.0. The zero-order valence-electron chi connectivity index (χ0n) is 39.2. The van der Waals surface area contributed by atoms with Crippen molar-refractivity contribution in [2.45, 2.75) is 0 Å². The van der Waals surface area contributed by atoms with Crippen LogP contribution in [-0.4, -0.2) is 9.13 Å². The van der Waals surface area contributed by atoms with Gasteiger partial charge in [0.25, 0.3) is 0 Å². The molecule has 338 valence electrons. The summed E-state index contributed by atoms with van der Waals surface area (Å²) in [6, 6.07) is 80.3. The van der Waals surface area contributed by atoms with Crippen molar-refractivity contribution in [3.63, 3.8) is 0 Å². The van der Waals surface area contributed by atoms with Crippen molar-refractivity contribution in [3.8, 4) is 103 Å². The van der Waals surface area contributed by atoms with Gasteiger partial charge in [-0.05, 0) is 123 Å². The summed E-state index contributed by atoms with van der Waals surface area (Å²) in [5, 5.41) is 66.6. The van der Waals surface area contributed by atoms with E-state index in [0.29, 0.717) is 55.9 Å². The van der Waals surface area contributed by atoms with E-state index in [0.717, 1.165) is 88.1 Å². The Labute approximate surface area is 425 Å². The molecule has 12 rings (SSSR count). The molecule has 8 nitrogen and oxygen atoms in total. The summed E-state index contributed by atoms with van der Waals surface area (Å²) in [7, 11) is 0. The summed E-state index contributed by atoms with van der Waals surface area (Å²) < 4.78 is 4.33. The Morgan fingerprint density at radius 2 is 0.581 bits per heavy atom. The molecule has 10 aromatic carbocycles. The zero-order chi connectivity index (χ0) is 50.5. The predicted molar refractivity (Wildman–Crippen MR) is 291 cm³/mol. The summed E-state index contributed by atoms with van der Waals surface area (Å²) >= 11 is 0. The van der Waals surface area contributed by atoms with E-state index in [1.807, 2.05) is 127 Å². The van der Waals surface area contributed by atoms with Gasteiger partial charge in [-0.2, -0.15) is 31.6 Å². The molecule has 0 aliphatic carbocycles. The first-order valence-corrected chi connectivity index (χ1v) is 23.7. The summed E-state index contributed by atoms with van der Waals surface area (Å²) in [5.74, 6) is 0. The van der Waals surface area contributed by atoms with Gasteiger partial charge >= 0.3 is 0 Å². The average molecular weight is 939 g/mol. The van der Waals surface area contributed by atoms with Crippen LogP contribution in [-0.2, 0) is 0 Å². The van der Waals surface area contributed by atoms with Crippen LogP contribution < -0.4 is 0 Å². The van der Waals surface area contributed by atoms with E-state index in [9.17, 15) is 31.6 Å². The van der Waals surface area contributed by atoms with E-state index >= 15 is 0 Å². The van der Waals surface area contributed by atoms with Crippen LogP contribution in [0.5, 0.6) is 0 Å². The maximum atomic E-state index is 11.2. The number of hydrogen-bond acceptors (Lipinski definition) is 6. The molecule has 0 bridgehead atoms. The number of hydrogen-bond donors (Lipinski definition) is 0. The number of fused-ring (bicyclic) bond motifs is 6. The Balaban J connectivity index is 1.27. The smallest absolute Gasteiger partial charge is 0.0998 e. The molecule has 8 heteroatoms. The van der Waals surface area contributed by atoms with Gasteiger partial charge in [-0.15, -0.1) is 0 Å². The number of rotatable bonds is 7. The summed E-state index contributed by atoms with van der Waals surface area (Å²) in [6.07, 6.45) is 0.